The van der Waals surface area contributed by atoms with Gasteiger partial charge in [0.1, 0.15) is 21.5 Å². The van der Waals surface area contributed by atoms with E-state index in [1.54, 1.807) is 6.08 Å². The van der Waals surface area contributed by atoms with Crippen LogP contribution in [0.5, 0.6) is 0 Å². The van der Waals surface area contributed by atoms with Gasteiger partial charge in [-0.15, -0.1) is 17.9 Å². The van der Waals surface area contributed by atoms with Gasteiger partial charge in [-0.2, -0.15) is 5.26 Å². The Bertz CT molecular complexity index is 557. The lowest BCUT2D eigenvalue weighted by Gasteiger charge is -2.23. The van der Waals surface area contributed by atoms with E-state index in [2.05, 4.69) is 36.7 Å². The van der Waals surface area contributed by atoms with Crippen LogP contribution in [0.3, 0.4) is 0 Å². The summed E-state index contributed by atoms with van der Waals surface area (Å²) in [6, 6.07) is 2.13. The number of nitrogens with two attached hydrogens (primary N) is 1. The predicted octanol–water partition coefficient (Wildman–Crippen LogP) is 2.60. The third-order valence-electron chi connectivity index (χ3n) is 2.91. The van der Waals surface area contributed by atoms with E-state index in [1.807, 2.05) is 6.92 Å². The van der Waals surface area contributed by atoms with Gasteiger partial charge in [0.25, 0.3) is 5.91 Å². The first-order chi connectivity index (χ1) is 9.96. The molecule has 1 aromatic heterocycles. The number of nitrogens with zero attached hydrogens (tertiary/aromatic N) is 2. The van der Waals surface area contributed by atoms with Crippen LogP contribution in [-0.2, 0) is 0 Å². The SMILES string of the molecule is C=CCNC(=O)c1sc(N(CC)CC(C)C)c(C#N)c1N. The lowest BCUT2D eigenvalue weighted by atomic mass is 10.2. The first kappa shape index (κ1) is 17.1. The molecule has 0 aromatic carbocycles. The predicted molar refractivity (Wildman–Crippen MR) is 88.7 cm³/mol. The lowest BCUT2D eigenvalue weighted by Crippen LogP contribution is -2.27. The van der Waals surface area contributed by atoms with Crippen molar-refractivity contribution >= 4 is 27.9 Å². The Hall–Kier alpha value is -2.00. The zero-order valence-corrected chi connectivity index (χ0v) is 13.6. The first-order valence-electron chi connectivity index (χ1n) is 6.92. The normalized spacial score (nSPS) is 10.2. The molecule has 0 aliphatic heterocycles. The summed E-state index contributed by atoms with van der Waals surface area (Å²) >= 11 is 1.28. The number of carbonyl (C=O) groups is 1. The van der Waals surface area contributed by atoms with Gasteiger partial charge in [0, 0.05) is 19.6 Å². The second kappa shape index (κ2) is 7.70. The molecule has 0 aliphatic carbocycles. The minimum atomic E-state index is -0.263. The maximum atomic E-state index is 12.1. The molecule has 0 aliphatic rings. The van der Waals surface area contributed by atoms with E-state index in [4.69, 9.17) is 5.73 Å². The van der Waals surface area contributed by atoms with E-state index in [0.717, 1.165) is 18.1 Å². The van der Waals surface area contributed by atoms with Crippen molar-refractivity contribution < 1.29 is 4.79 Å². The van der Waals surface area contributed by atoms with Crippen LogP contribution < -0.4 is 16.0 Å². The summed E-state index contributed by atoms with van der Waals surface area (Å²) in [4.78, 5) is 14.6. The van der Waals surface area contributed by atoms with Crippen molar-refractivity contribution in [1.82, 2.24) is 5.32 Å². The Kier molecular flexibility index (Phi) is 6.25. The van der Waals surface area contributed by atoms with Crippen LogP contribution in [0, 0.1) is 17.2 Å². The average Bonchev–Trinajstić information content (AvgIpc) is 2.78. The van der Waals surface area contributed by atoms with Crippen LogP contribution in [0.25, 0.3) is 0 Å². The highest BCUT2D eigenvalue weighted by atomic mass is 32.1. The summed E-state index contributed by atoms with van der Waals surface area (Å²) in [5, 5.41) is 12.8. The van der Waals surface area contributed by atoms with Crippen molar-refractivity contribution in [2.24, 2.45) is 5.92 Å². The van der Waals surface area contributed by atoms with Gasteiger partial charge in [-0.3, -0.25) is 4.79 Å². The van der Waals surface area contributed by atoms with Gasteiger partial charge >= 0.3 is 0 Å². The smallest absolute Gasteiger partial charge is 0.263 e. The quantitative estimate of drug-likeness (QED) is 0.759. The van der Waals surface area contributed by atoms with E-state index < -0.39 is 0 Å². The summed E-state index contributed by atoms with van der Waals surface area (Å²) in [5.41, 5.74) is 6.64. The van der Waals surface area contributed by atoms with Crippen LogP contribution in [-0.4, -0.2) is 25.5 Å². The van der Waals surface area contributed by atoms with Gasteiger partial charge in [-0.1, -0.05) is 19.9 Å². The summed E-state index contributed by atoms with van der Waals surface area (Å²) in [5.74, 6) is 0.193. The number of rotatable bonds is 7. The van der Waals surface area contributed by atoms with E-state index in [0.29, 0.717) is 22.9 Å². The van der Waals surface area contributed by atoms with Crippen molar-refractivity contribution in [2.75, 3.05) is 30.3 Å². The van der Waals surface area contributed by atoms with Gasteiger partial charge in [-0.05, 0) is 12.8 Å². The van der Waals surface area contributed by atoms with Crippen LogP contribution >= 0.6 is 11.3 Å². The Morgan fingerprint density at radius 2 is 2.29 bits per heavy atom. The largest absolute Gasteiger partial charge is 0.396 e. The Balaban J connectivity index is 3.19. The monoisotopic (exact) mass is 306 g/mol. The molecule has 0 unspecified atom stereocenters. The molecular formula is C15H22N4OS. The summed E-state index contributed by atoms with van der Waals surface area (Å²) in [6.45, 7) is 11.8. The minimum absolute atomic E-state index is 0.263. The standard InChI is InChI=1S/C15H22N4OS/c1-5-7-18-14(20)13-12(17)11(8-16)15(21-13)19(6-2)9-10(3)4/h5,10H,1,6-7,9,17H2,2-4H3,(H,18,20). The van der Waals surface area contributed by atoms with E-state index in [1.165, 1.54) is 11.3 Å². The number of hydrogen-bond donors (Lipinski definition) is 2. The number of anilines is 2. The average molecular weight is 306 g/mol. The number of amides is 1. The fourth-order valence-corrected chi connectivity index (χ4v) is 3.13. The molecule has 0 spiro atoms. The van der Waals surface area contributed by atoms with Crippen LogP contribution in [0.1, 0.15) is 36.0 Å². The minimum Gasteiger partial charge on any atom is -0.396 e. The zero-order valence-electron chi connectivity index (χ0n) is 12.8. The highest BCUT2D eigenvalue weighted by Crippen LogP contribution is 2.38. The van der Waals surface area contributed by atoms with E-state index in [9.17, 15) is 10.1 Å². The van der Waals surface area contributed by atoms with Gasteiger partial charge in [-0.25, -0.2) is 0 Å². The molecule has 0 bridgehead atoms. The van der Waals surface area contributed by atoms with Crippen molar-refractivity contribution in [3.05, 3.63) is 23.1 Å². The molecule has 6 heteroatoms. The van der Waals surface area contributed by atoms with Crippen molar-refractivity contribution in [1.29, 1.82) is 5.26 Å². The lowest BCUT2D eigenvalue weighted by molar-refractivity contribution is 0.0963. The Morgan fingerprint density at radius 1 is 1.62 bits per heavy atom. The van der Waals surface area contributed by atoms with Crippen LogP contribution in [0.4, 0.5) is 10.7 Å². The van der Waals surface area contributed by atoms with Crippen molar-refractivity contribution in [3.63, 3.8) is 0 Å². The maximum Gasteiger partial charge on any atom is 0.263 e. The number of nitriles is 1. The molecule has 0 atom stereocenters. The highest BCUT2D eigenvalue weighted by Gasteiger charge is 2.24. The van der Waals surface area contributed by atoms with Gasteiger partial charge in [0.05, 0.1) is 5.69 Å². The molecule has 1 amide bonds. The molecule has 0 saturated heterocycles. The fourth-order valence-electron chi connectivity index (χ4n) is 1.97. The molecule has 1 heterocycles. The van der Waals surface area contributed by atoms with Gasteiger partial charge in [0.2, 0.25) is 0 Å². The van der Waals surface area contributed by atoms with Gasteiger partial charge < -0.3 is 16.0 Å². The molecule has 0 saturated carbocycles. The number of nitrogens with one attached hydrogen (secondary N) is 1. The third-order valence-corrected chi connectivity index (χ3v) is 4.17. The molecule has 5 nitrogen and oxygen atoms in total. The maximum absolute atomic E-state index is 12.1. The van der Waals surface area contributed by atoms with Crippen LogP contribution in [0.2, 0.25) is 0 Å². The molecular weight excluding hydrogens is 284 g/mol. The molecule has 114 valence electrons. The second-order valence-electron chi connectivity index (χ2n) is 5.07. The molecule has 1 aromatic rings. The number of nitrogen functional groups attached to an aromatic ring is 1. The molecule has 0 fully saturated rings. The highest BCUT2D eigenvalue weighted by molar-refractivity contribution is 7.19. The van der Waals surface area contributed by atoms with Crippen molar-refractivity contribution in [2.45, 2.75) is 20.8 Å². The molecule has 0 radical (unpaired) electrons. The summed E-state index contributed by atoms with van der Waals surface area (Å²) in [7, 11) is 0. The van der Waals surface area contributed by atoms with Crippen molar-refractivity contribution in [3.8, 4) is 6.07 Å². The number of carbonyl (C=O) groups excluding carboxylic acids is 1. The van der Waals surface area contributed by atoms with E-state index in [-0.39, 0.29) is 11.6 Å². The second-order valence-corrected chi connectivity index (χ2v) is 6.07. The zero-order chi connectivity index (χ0) is 16.0. The Labute approximate surface area is 130 Å². The fraction of sp³-hybridized carbons (Fsp3) is 0.467. The topological polar surface area (TPSA) is 82.2 Å². The third kappa shape index (κ3) is 3.99. The first-order valence-corrected chi connectivity index (χ1v) is 7.74. The van der Waals surface area contributed by atoms with Gasteiger partial charge in [0.15, 0.2) is 0 Å². The van der Waals surface area contributed by atoms with E-state index >= 15 is 0 Å². The number of thiophene rings is 1. The summed E-state index contributed by atoms with van der Waals surface area (Å²) in [6.07, 6.45) is 1.60. The molecule has 1 rings (SSSR count). The Morgan fingerprint density at radius 3 is 2.76 bits per heavy atom. The molecule has 3 N–H and O–H groups in total. The number of hydrogen-bond acceptors (Lipinski definition) is 5. The van der Waals surface area contributed by atoms with Crippen LogP contribution in [0.15, 0.2) is 12.7 Å². The summed E-state index contributed by atoms with van der Waals surface area (Å²) < 4.78 is 0. The molecule has 21 heavy (non-hydrogen) atoms.